The van der Waals surface area contributed by atoms with E-state index in [1.807, 2.05) is 0 Å². The maximum absolute atomic E-state index is 12.9. The van der Waals surface area contributed by atoms with Crippen LogP contribution in [-0.2, 0) is 16.1 Å². The Morgan fingerprint density at radius 3 is 2.65 bits per heavy atom. The van der Waals surface area contributed by atoms with Crippen molar-refractivity contribution in [3.63, 3.8) is 0 Å². The minimum Gasteiger partial charge on any atom is -0.491 e. The Balaban J connectivity index is 2.31. The van der Waals surface area contributed by atoms with E-state index in [9.17, 15) is 4.39 Å². The van der Waals surface area contributed by atoms with Crippen molar-refractivity contribution in [1.82, 2.24) is 0 Å². The molecule has 17 heavy (non-hydrogen) atoms. The van der Waals surface area contributed by atoms with Crippen molar-refractivity contribution in [3.05, 3.63) is 29.6 Å². The molecule has 0 atom stereocenters. The van der Waals surface area contributed by atoms with Gasteiger partial charge in [-0.25, -0.2) is 4.39 Å². The third-order valence-electron chi connectivity index (χ3n) is 2.11. The standard InChI is InChI=1S/C12H17FO4/c1-15-4-5-16-6-7-17-12-3-2-11(13)8-10(12)9-14/h2-3,8,14H,4-7,9H2,1H3. The fourth-order valence-electron chi connectivity index (χ4n) is 1.27. The average Bonchev–Trinajstić information content (AvgIpc) is 2.35. The molecule has 1 aromatic carbocycles. The zero-order valence-electron chi connectivity index (χ0n) is 9.82. The lowest BCUT2D eigenvalue weighted by atomic mass is 10.2. The summed E-state index contributed by atoms with van der Waals surface area (Å²) in [5.41, 5.74) is 0.432. The third-order valence-corrected chi connectivity index (χ3v) is 2.11. The van der Waals surface area contributed by atoms with Crippen LogP contribution in [0, 0.1) is 5.82 Å². The molecule has 1 aromatic rings. The van der Waals surface area contributed by atoms with Crippen LogP contribution in [0.2, 0.25) is 0 Å². The minimum atomic E-state index is -0.391. The highest BCUT2D eigenvalue weighted by atomic mass is 19.1. The molecule has 0 spiro atoms. The predicted molar refractivity (Wildman–Crippen MR) is 60.5 cm³/mol. The highest BCUT2D eigenvalue weighted by molar-refractivity contribution is 5.33. The third kappa shape index (κ3) is 5.12. The second kappa shape index (κ2) is 8.00. The van der Waals surface area contributed by atoms with Crippen LogP contribution in [-0.4, -0.2) is 38.6 Å². The van der Waals surface area contributed by atoms with Gasteiger partial charge < -0.3 is 19.3 Å². The number of methoxy groups -OCH3 is 1. The Kier molecular flexibility index (Phi) is 6.54. The fourth-order valence-corrected chi connectivity index (χ4v) is 1.27. The molecule has 0 fully saturated rings. The molecule has 0 unspecified atom stereocenters. The summed E-state index contributed by atoms with van der Waals surface area (Å²) in [5, 5.41) is 9.02. The van der Waals surface area contributed by atoms with Gasteiger partial charge in [0.05, 0.1) is 26.4 Å². The largest absolute Gasteiger partial charge is 0.491 e. The van der Waals surface area contributed by atoms with E-state index < -0.39 is 5.82 Å². The summed E-state index contributed by atoms with van der Waals surface area (Å²) < 4.78 is 28.2. The van der Waals surface area contributed by atoms with Gasteiger partial charge in [-0.3, -0.25) is 0 Å². The summed E-state index contributed by atoms with van der Waals surface area (Å²) in [6, 6.07) is 4.04. The zero-order chi connectivity index (χ0) is 12.5. The number of benzene rings is 1. The van der Waals surface area contributed by atoms with Crippen LogP contribution in [0.25, 0.3) is 0 Å². The Morgan fingerprint density at radius 2 is 1.94 bits per heavy atom. The molecule has 0 saturated heterocycles. The Hall–Kier alpha value is -1.17. The van der Waals surface area contributed by atoms with E-state index in [2.05, 4.69) is 0 Å². The summed E-state index contributed by atoms with van der Waals surface area (Å²) in [7, 11) is 1.60. The number of aliphatic hydroxyl groups excluding tert-OH is 1. The molecule has 1 rings (SSSR count). The average molecular weight is 244 g/mol. The monoisotopic (exact) mass is 244 g/mol. The van der Waals surface area contributed by atoms with E-state index in [0.29, 0.717) is 37.7 Å². The van der Waals surface area contributed by atoms with Crippen molar-refractivity contribution in [2.75, 3.05) is 33.5 Å². The SMILES string of the molecule is COCCOCCOc1ccc(F)cc1CO. The number of ether oxygens (including phenoxy) is 3. The van der Waals surface area contributed by atoms with Gasteiger partial charge in [-0.15, -0.1) is 0 Å². The van der Waals surface area contributed by atoms with Crippen LogP contribution >= 0.6 is 0 Å². The van der Waals surface area contributed by atoms with Gasteiger partial charge in [0.2, 0.25) is 0 Å². The minimum absolute atomic E-state index is 0.252. The second-order valence-electron chi connectivity index (χ2n) is 3.36. The van der Waals surface area contributed by atoms with Gasteiger partial charge in [0.15, 0.2) is 0 Å². The molecule has 0 aliphatic rings. The number of aliphatic hydroxyl groups is 1. The Bertz CT molecular complexity index is 330. The van der Waals surface area contributed by atoms with E-state index in [4.69, 9.17) is 19.3 Å². The summed E-state index contributed by atoms with van der Waals surface area (Å²) in [6.07, 6.45) is 0. The molecule has 4 nitrogen and oxygen atoms in total. The molecule has 0 radical (unpaired) electrons. The van der Waals surface area contributed by atoms with Gasteiger partial charge in [0, 0.05) is 12.7 Å². The summed E-state index contributed by atoms with van der Waals surface area (Å²) in [6.45, 7) is 1.57. The molecule has 0 heterocycles. The van der Waals surface area contributed by atoms with E-state index in [-0.39, 0.29) is 6.61 Å². The summed E-state index contributed by atoms with van der Waals surface area (Å²) in [4.78, 5) is 0. The lowest BCUT2D eigenvalue weighted by Gasteiger charge is -2.10. The van der Waals surface area contributed by atoms with E-state index in [0.717, 1.165) is 0 Å². The molecule has 0 amide bonds. The van der Waals surface area contributed by atoms with Crippen LogP contribution in [0.1, 0.15) is 5.56 Å². The molecule has 5 heteroatoms. The fraction of sp³-hybridized carbons (Fsp3) is 0.500. The van der Waals surface area contributed by atoms with Gasteiger partial charge in [-0.1, -0.05) is 0 Å². The van der Waals surface area contributed by atoms with Crippen LogP contribution in [0.4, 0.5) is 4.39 Å². The first-order valence-electron chi connectivity index (χ1n) is 5.36. The van der Waals surface area contributed by atoms with Crippen molar-refractivity contribution < 1.29 is 23.7 Å². The van der Waals surface area contributed by atoms with Gasteiger partial charge in [0.25, 0.3) is 0 Å². The first-order valence-corrected chi connectivity index (χ1v) is 5.36. The molecular weight excluding hydrogens is 227 g/mol. The van der Waals surface area contributed by atoms with Crippen molar-refractivity contribution >= 4 is 0 Å². The van der Waals surface area contributed by atoms with Crippen LogP contribution in [0.5, 0.6) is 5.75 Å². The predicted octanol–water partition coefficient (Wildman–Crippen LogP) is 1.36. The van der Waals surface area contributed by atoms with Gasteiger partial charge in [-0.2, -0.15) is 0 Å². The van der Waals surface area contributed by atoms with Crippen molar-refractivity contribution in [2.24, 2.45) is 0 Å². The number of rotatable bonds is 8. The molecule has 0 bridgehead atoms. The van der Waals surface area contributed by atoms with Gasteiger partial charge in [-0.05, 0) is 18.2 Å². The first kappa shape index (κ1) is 13.9. The zero-order valence-corrected chi connectivity index (χ0v) is 9.82. The molecular formula is C12H17FO4. The molecule has 1 N–H and O–H groups in total. The van der Waals surface area contributed by atoms with Crippen molar-refractivity contribution in [3.8, 4) is 5.75 Å². The van der Waals surface area contributed by atoms with E-state index in [1.165, 1.54) is 18.2 Å². The molecule has 0 saturated carbocycles. The maximum Gasteiger partial charge on any atom is 0.125 e. The van der Waals surface area contributed by atoms with Crippen LogP contribution in [0.3, 0.4) is 0 Å². The molecule has 96 valence electrons. The summed E-state index contributed by atoms with van der Waals surface area (Å²) >= 11 is 0. The van der Waals surface area contributed by atoms with Crippen LogP contribution < -0.4 is 4.74 Å². The molecule has 0 aliphatic heterocycles. The van der Waals surface area contributed by atoms with E-state index in [1.54, 1.807) is 7.11 Å². The first-order chi connectivity index (χ1) is 8.27. The van der Waals surface area contributed by atoms with Crippen molar-refractivity contribution in [1.29, 1.82) is 0 Å². The number of halogens is 1. The normalized spacial score (nSPS) is 10.5. The van der Waals surface area contributed by atoms with Gasteiger partial charge >= 0.3 is 0 Å². The lowest BCUT2D eigenvalue weighted by molar-refractivity contribution is 0.0540. The molecule has 0 aromatic heterocycles. The lowest BCUT2D eigenvalue weighted by Crippen LogP contribution is -2.10. The molecule has 0 aliphatic carbocycles. The quantitative estimate of drug-likeness (QED) is 0.701. The number of hydrogen-bond donors (Lipinski definition) is 1. The Morgan fingerprint density at radius 1 is 1.18 bits per heavy atom. The van der Waals surface area contributed by atoms with E-state index >= 15 is 0 Å². The maximum atomic E-state index is 12.9. The Labute approximate surface area is 99.9 Å². The highest BCUT2D eigenvalue weighted by Gasteiger charge is 2.04. The number of hydrogen-bond acceptors (Lipinski definition) is 4. The topological polar surface area (TPSA) is 47.9 Å². The smallest absolute Gasteiger partial charge is 0.125 e. The highest BCUT2D eigenvalue weighted by Crippen LogP contribution is 2.19. The summed E-state index contributed by atoms with van der Waals surface area (Å²) in [5.74, 6) is 0.0852. The van der Waals surface area contributed by atoms with Gasteiger partial charge in [0.1, 0.15) is 18.2 Å². The van der Waals surface area contributed by atoms with Crippen LogP contribution in [0.15, 0.2) is 18.2 Å². The second-order valence-corrected chi connectivity index (χ2v) is 3.36. The van der Waals surface area contributed by atoms with Crippen molar-refractivity contribution in [2.45, 2.75) is 6.61 Å².